The van der Waals surface area contributed by atoms with Crippen LogP contribution in [0.4, 0.5) is 51.0 Å². The van der Waals surface area contributed by atoms with Crippen LogP contribution in [0.25, 0.3) is 10.8 Å². The van der Waals surface area contributed by atoms with Crippen LogP contribution in [-0.4, -0.2) is 38.7 Å². The number of amides is 4. The molecule has 4 aromatic carbocycles. The van der Waals surface area contributed by atoms with Gasteiger partial charge in [0.1, 0.15) is 5.75 Å². The fraction of sp³-hybridized carbons (Fsp3) is 0.250. The average molecular weight is 934 g/mol. The molecule has 0 spiro atoms. The highest BCUT2D eigenvalue weighted by Gasteiger charge is 2.70. The van der Waals surface area contributed by atoms with Crippen molar-refractivity contribution in [2.45, 2.75) is 42.7 Å². The number of hydrazine groups is 1. The fourth-order valence-corrected chi connectivity index (χ4v) is 10.3. The number of carbonyl (C=O) groups is 4. The third-order valence-electron chi connectivity index (χ3n) is 12.6. The summed E-state index contributed by atoms with van der Waals surface area (Å²) in [5, 5.41) is 11.8. The molecule has 1 aromatic heterocycles. The molecule has 5 aromatic rings. The molecule has 64 heavy (non-hydrogen) atoms. The summed E-state index contributed by atoms with van der Waals surface area (Å²) < 4.78 is 125. The Morgan fingerprint density at radius 3 is 1.95 bits per heavy atom. The van der Waals surface area contributed by atoms with Crippen LogP contribution in [0, 0.1) is 23.7 Å². The van der Waals surface area contributed by atoms with E-state index in [-0.39, 0.29) is 41.0 Å². The number of carbonyl (C=O) groups excluding carboxylic acids is 4. The molecular formula is C44H27Cl2F9N4O5. The molecule has 1 saturated carbocycles. The smallest absolute Gasteiger partial charge is 0.417 e. The van der Waals surface area contributed by atoms with E-state index in [1.165, 1.54) is 36.4 Å². The molecule has 20 heteroatoms. The lowest BCUT2D eigenvalue weighted by atomic mass is 9.49. The third kappa shape index (κ3) is 6.58. The van der Waals surface area contributed by atoms with Crippen molar-refractivity contribution >= 4 is 69.1 Å². The number of halogens is 11. The Morgan fingerprint density at radius 1 is 0.719 bits per heavy atom. The number of imide groups is 2. The van der Waals surface area contributed by atoms with Gasteiger partial charge in [0, 0.05) is 22.5 Å². The van der Waals surface area contributed by atoms with Crippen LogP contribution in [0.5, 0.6) is 5.75 Å². The number of pyridine rings is 1. The normalized spacial score (nSPS) is 24.8. The molecule has 9 nitrogen and oxygen atoms in total. The van der Waals surface area contributed by atoms with Crippen LogP contribution in [0.1, 0.15) is 46.6 Å². The van der Waals surface area contributed by atoms with Crippen LogP contribution < -0.4 is 10.3 Å². The number of phenols is 1. The molecule has 6 atom stereocenters. The zero-order valence-corrected chi connectivity index (χ0v) is 33.6. The topological polar surface area (TPSA) is 120 Å². The van der Waals surface area contributed by atoms with Crippen molar-refractivity contribution in [2.24, 2.45) is 23.7 Å². The van der Waals surface area contributed by atoms with Gasteiger partial charge in [-0.05, 0) is 77.7 Å². The number of nitrogens with zero attached hydrogens (tertiary/aromatic N) is 3. The van der Waals surface area contributed by atoms with Gasteiger partial charge in [0.2, 0.25) is 11.8 Å². The molecular weight excluding hydrogens is 906 g/mol. The van der Waals surface area contributed by atoms with Gasteiger partial charge in [-0.25, -0.2) is 9.88 Å². The SMILES string of the molecule is O=C1[C@@H]2C[C@@H]3C(=CC[C@@H]4C(=O)N(c5cc(C(F)(F)F)cc(C(F)(F)F)c5)C(=O)[C@@H]43)[C@H](c3ccc(O)c4ccccc34)[C@]2(c2ccc(Cl)cc2)C(=O)N1Nc1ncc(C(F)(F)F)cc1Cl. The summed E-state index contributed by atoms with van der Waals surface area (Å²) in [5.74, 6) is -11.6. The van der Waals surface area contributed by atoms with Gasteiger partial charge in [-0.3, -0.25) is 24.6 Å². The Hall–Kier alpha value is -6.14. The van der Waals surface area contributed by atoms with Gasteiger partial charge in [-0.15, -0.1) is 0 Å². The number of aromatic nitrogens is 1. The average Bonchev–Trinajstić information content (AvgIpc) is 3.61. The summed E-state index contributed by atoms with van der Waals surface area (Å²) in [4.78, 5) is 63.5. The van der Waals surface area contributed by atoms with E-state index in [0.717, 1.165) is 0 Å². The molecule has 3 fully saturated rings. The van der Waals surface area contributed by atoms with Crippen molar-refractivity contribution in [3.63, 3.8) is 0 Å². The number of nitrogens with one attached hydrogen (secondary N) is 1. The largest absolute Gasteiger partial charge is 0.507 e. The Labute approximate surface area is 365 Å². The summed E-state index contributed by atoms with van der Waals surface area (Å²) >= 11 is 12.6. The van der Waals surface area contributed by atoms with Gasteiger partial charge in [0.25, 0.3) is 11.8 Å². The Bertz CT molecular complexity index is 2840. The van der Waals surface area contributed by atoms with Crippen LogP contribution in [-0.2, 0) is 43.1 Å². The number of aromatic hydroxyl groups is 1. The van der Waals surface area contributed by atoms with Crippen molar-refractivity contribution in [1.29, 1.82) is 0 Å². The summed E-state index contributed by atoms with van der Waals surface area (Å²) in [7, 11) is 0. The molecule has 0 bridgehead atoms. The summed E-state index contributed by atoms with van der Waals surface area (Å²) in [6.07, 6.45) is -14.1. The Morgan fingerprint density at radius 2 is 1.34 bits per heavy atom. The van der Waals surface area contributed by atoms with Gasteiger partial charge >= 0.3 is 18.5 Å². The third-order valence-corrected chi connectivity index (χ3v) is 13.2. The minimum absolute atomic E-state index is 0.138. The fourth-order valence-electron chi connectivity index (χ4n) is 10.0. The quantitative estimate of drug-likeness (QED) is 0.102. The number of phenolic OH excluding ortho intramolecular Hbond substituents is 1. The minimum Gasteiger partial charge on any atom is -0.507 e. The highest BCUT2D eigenvalue weighted by atomic mass is 35.5. The zero-order valence-electron chi connectivity index (χ0n) is 32.1. The van der Waals surface area contributed by atoms with E-state index in [4.69, 9.17) is 23.2 Å². The van der Waals surface area contributed by atoms with E-state index >= 15 is 9.59 Å². The number of hydrogen-bond acceptors (Lipinski definition) is 7. The maximum Gasteiger partial charge on any atom is 0.417 e. The van der Waals surface area contributed by atoms with Crippen LogP contribution in [0.2, 0.25) is 10.0 Å². The van der Waals surface area contributed by atoms with E-state index in [9.17, 15) is 54.2 Å². The van der Waals surface area contributed by atoms with E-state index in [0.29, 0.717) is 44.1 Å². The van der Waals surface area contributed by atoms with Gasteiger partial charge in [-0.1, -0.05) is 77.3 Å². The van der Waals surface area contributed by atoms with Gasteiger partial charge < -0.3 is 5.11 Å². The summed E-state index contributed by atoms with van der Waals surface area (Å²) in [5.41, 5.74) is -4.37. The molecule has 0 radical (unpaired) electrons. The molecule has 4 aliphatic rings. The summed E-state index contributed by atoms with van der Waals surface area (Å²) in [6.45, 7) is 0. The second-order valence-electron chi connectivity index (χ2n) is 15.9. The van der Waals surface area contributed by atoms with Gasteiger partial charge in [0.15, 0.2) is 5.82 Å². The zero-order chi connectivity index (χ0) is 46.0. The van der Waals surface area contributed by atoms with Crippen molar-refractivity contribution in [2.75, 3.05) is 10.3 Å². The van der Waals surface area contributed by atoms with E-state index in [2.05, 4.69) is 10.4 Å². The standard InChI is InChI=1S/C44H27Cl2F9N4O5/c45-23-7-5-19(6-8-23)41-31(38(62)59(40(41)64)57-36-32(46)16-22(18-56-36)44(53,54)55)17-30-28(35(41)27-11-12-33(60)26-4-2-1-3-25(26)27)9-10-29-34(30)39(63)58(37(29)61)24-14-20(42(47,48)49)13-21(15-24)43(50,51)52/h1-9,11-16,18,29-31,34-35,60H,10,17H2,(H,56,57)/t29-,30+,31-,34-,35-,41+/m0/s1. The highest BCUT2D eigenvalue weighted by molar-refractivity contribution is 6.33. The predicted octanol–water partition coefficient (Wildman–Crippen LogP) is 10.5. The molecule has 2 aliphatic carbocycles. The number of benzene rings is 4. The predicted molar refractivity (Wildman–Crippen MR) is 211 cm³/mol. The first-order valence-corrected chi connectivity index (χ1v) is 20.0. The molecule has 2 aliphatic heterocycles. The molecule has 0 unspecified atom stereocenters. The lowest BCUT2D eigenvalue weighted by molar-refractivity contribution is -0.143. The lowest BCUT2D eigenvalue weighted by Crippen LogP contribution is -2.53. The maximum atomic E-state index is 15.5. The molecule has 4 amide bonds. The van der Waals surface area contributed by atoms with Gasteiger partial charge in [0.05, 0.1) is 50.6 Å². The van der Waals surface area contributed by atoms with E-state index in [1.54, 1.807) is 30.3 Å². The first kappa shape index (κ1) is 43.1. The number of rotatable bonds is 5. The van der Waals surface area contributed by atoms with Crippen LogP contribution in [0.3, 0.4) is 0 Å². The lowest BCUT2D eigenvalue weighted by Gasteiger charge is -2.51. The number of allylic oxidation sites excluding steroid dienone is 2. The van der Waals surface area contributed by atoms with Crippen molar-refractivity contribution in [1.82, 2.24) is 9.99 Å². The first-order valence-electron chi connectivity index (χ1n) is 19.2. The number of alkyl halides is 9. The number of anilines is 2. The number of fused-ring (bicyclic) bond motifs is 5. The second kappa shape index (κ2) is 14.7. The van der Waals surface area contributed by atoms with Gasteiger partial charge in [-0.2, -0.15) is 44.5 Å². The van der Waals surface area contributed by atoms with Crippen LogP contribution >= 0.6 is 23.2 Å². The highest BCUT2D eigenvalue weighted by Crippen LogP contribution is 2.65. The van der Waals surface area contributed by atoms with Crippen molar-refractivity contribution < 1.29 is 63.8 Å². The van der Waals surface area contributed by atoms with E-state index < -0.39 is 117 Å². The molecule has 330 valence electrons. The monoisotopic (exact) mass is 932 g/mol. The van der Waals surface area contributed by atoms with Crippen molar-refractivity contribution in [3.8, 4) is 5.75 Å². The van der Waals surface area contributed by atoms with Crippen LogP contribution in [0.15, 0.2) is 103 Å². The molecule has 3 heterocycles. The molecule has 2 saturated heterocycles. The molecule has 2 N–H and O–H groups in total. The first-order chi connectivity index (χ1) is 30.0. The van der Waals surface area contributed by atoms with E-state index in [1.807, 2.05) is 0 Å². The molecule has 9 rings (SSSR count). The maximum absolute atomic E-state index is 15.5. The number of hydrogen-bond donors (Lipinski definition) is 2. The second-order valence-corrected chi connectivity index (χ2v) is 16.8. The van der Waals surface area contributed by atoms with Crippen molar-refractivity contribution in [3.05, 3.63) is 141 Å². The Kier molecular flexibility index (Phi) is 9.91. The Balaban J connectivity index is 1.25. The minimum atomic E-state index is -5.31. The summed E-state index contributed by atoms with van der Waals surface area (Å²) in [6, 6.07) is 16.2.